The van der Waals surface area contributed by atoms with Gasteiger partial charge in [0.25, 0.3) is 0 Å². The molecule has 4 rings (SSSR count). The maximum Gasteiger partial charge on any atom is 0.113 e. The van der Waals surface area contributed by atoms with E-state index in [0.29, 0.717) is 0 Å². The molecule has 1 heterocycles. The highest BCUT2D eigenvalue weighted by Crippen LogP contribution is 2.50. The second-order valence-corrected chi connectivity index (χ2v) is 12.1. The van der Waals surface area contributed by atoms with Gasteiger partial charge in [0.2, 0.25) is 0 Å². The van der Waals surface area contributed by atoms with Crippen LogP contribution in [0.1, 0.15) is 42.9 Å². The molecule has 2 aromatic rings. The van der Waals surface area contributed by atoms with Crippen LogP contribution in [0.5, 0.6) is 0 Å². The van der Waals surface area contributed by atoms with E-state index in [2.05, 4.69) is 63.3 Å². The van der Waals surface area contributed by atoms with Crippen molar-refractivity contribution in [3.05, 3.63) is 58.7 Å². The minimum atomic E-state index is -1.52. The summed E-state index contributed by atoms with van der Waals surface area (Å²) in [6.07, 6.45) is 5.14. The summed E-state index contributed by atoms with van der Waals surface area (Å²) in [5.41, 5.74) is 9.32. The molecule has 2 aliphatic rings. The molecule has 23 heavy (non-hydrogen) atoms. The van der Waals surface area contributed by atoms with Crippen molar-refractivity contribution in [2.75, 3.05) is 0 Å². The Bertz CT molecular complexity index is 807. The van der Waals surface area contributed by atoms with E-state index in [-0.39, 0.29) is 0 Å². The normalized spacial score (nSPS) is 17.2. The van der Waals surface area contributed by atoms with Crippen LogP contribution in [0, 0.1) is 6.92 Å². The predicted octanol–water partition coefficient (Wildman–Crippen LogP) is 5.63. The van der Waals surface area contributed by atoms with Gasteiger partial charge in [0, 0.05) is 0 Å². The summed E-state index contributed by atoms with van der Waals surface area (Å²) in [5.74, 6) is 0. The summed E-state index contributed by atoms with van der Waals surface area (Å²) in [4.78, 5) is 0. The molecule has 0 fully saturated rings. The molecule has 0 unspecified atom stereocenters. The van der Waals surface area contributed by atoms with Gasteiger partial charge in [0.15, 0.2) is 0 Å². The van der Waals surface area contributed by atoms with Crippen LogP contribution in [-0.2, 0) is 6.42 Å². The number of allylic oxidation sites excluding steroid dienone is 1. The molecule has 118 valence electrons. The number of benzene rings is 2. The van der Waals surface area contributed by atoms with Gasteiger partial charge in [-0.3, -0.25) is 0 Å². The van der Waals surface area contributed by atoms with Crippen molar-refractivity contribution in [3.8, 4) is 11.1 Å². The zero-order valence-electron chi connectivity index (χ0n) is 14.8. The number of rotatable bonds is 4. The van der Waals surface area contributed by atoms with Crippen molar-refractivity contribution >= 4 is 18.5 Å². The molecule has 0 saturated carbocycles. The van der Waals surface area contributed by atoms with Crippen LogP contribution in [-0.4, -0.2) is 8.07 Å². The fourth-order valence-electron chi connectivity index (χ4n) is 4.61. The monoisotopic (exact) mass is 318 g/mol. The average Bonchev–Trinajstić information content (AvgIpc) is 2.98. The first-order valence-electron chi connectivity index (χ1n) is 9.00. The molecule has 2 bridgehead atoms. The summed E-state index contributed by atoms with van der Waals surface area (Å²) >= 11 is 0. The third kappa shape index (κ3) is 2.10. The summed E-state index contributed by atoms with van der Waals surface area (Å²) in [6, 6.07) is 14.0. The SMILES string of the molecule is CCCCC1=C2c3c(ccc(c3-c3ccc(C)cc3)[Si]2(C)C)C1. The van der Waals surface area contributed by atoms with Crippen LogP contribution >= 0.6 is 0 Å². The van der Waals surface area contributed by atoms with Gasteiger partial charge in [-0.25, -0.2) is 0 Å². The van der Waals surface area contributed by atoms with E-state index in [0.717, 1.165) is 0 Å². The first-order chi connectivity index (χ1) is 11.0. The number of unbranched alkanes of at least 4 members (excludes halogenated alkanes) is 1. The number of aryl methyl sites for hydroxylation is 1. The highest BCUT2D eigenvalue weighted by Gasteiger charge is 2.45. The lowest BCUT2D eigenvalue weighted by atomic mass is 9.96. The van der Waals surface area contributed by atoms with Gasteiger partial charge < -0.3 is 0 Å². The Morgan fingerprint density at radius 2 is 1.70 bits per heavy atom. The molecule has 1 aliphatic heterocycles. The quantitative estimate of drug-likeness (QED) is 0.641. The van der Waals surface area contributed by atoms with E-state index < -0.39 is 8.07 Å². The summed E-state index contributed by atoms with van der Waals surface area (Å²) < 4.78 is 0. The zero-order chi connectivity index (χ0) is 16.2. The molecule has 0 N–H and O–H groups in total. The van der Waals surface area contributed by atoms with E-state index in [4.69, 9.17) is 0 Å². The van der Waals surface area contributed by atoms with E-state index in [9.17, 15) is 0 Å². The van der Waals surface area contributed by atoms with E-state index >= 15 is 0 Å². The summed E-state index contributed by atoms with van der Waals surface area (Å²) in [5, 5.41) is 3.44. The van der Waals surface area contributed by atoms with Gasteiger partial charge in [-0.15, -0.1) is 0 Å². The topological polar surface area (TPSA) is 0 Å². The molecular formula is C22H26Si. The Balaban J connectivity index is 1.93. The molecular weight excluding hydrogens is 292 g/mol. The van der Waals surface area contributed by atoms with Gasteiger partial charge in [0.05, 0.1) is 0 Å². The number of hydrogen-bond donors (Lipinski definition) is 0. The fraction of sp³-hybridized carbons (Fsp3) is 0.364. The highest BCUT2D eigenvalue weighted by molar-refractivity contribution is 7.07. The van der Waals surface area contributed by atoms with Crippen molar-refractivity contribution < 1.29 is 0 Å². The van der Waals surface area contributed by atoms with E-state index in [1.54, 1.807) is 32.6 Å². The van der Waals surface area contributed by atoms with Gasteiger partial charge >= 0.3 is 0 Å². The first-order valence-corrected chi connectivity index (χ1v) is 12.0. The van der Waals surface area contributed by atoms with Gasteiger partial charge in [0.1, 0.15) is 8.07 Å². The zero-order valence-corrected chi connectivity index (χ0v) is 15.8. The maximum absolute atomic E-state index is 2.56. The molecule has 1 heteroatoms. The molecule has 0 aromatic heterocycles. The maximum atomic E-state index is 2.56. The van der Waals surface area contributed by atoms with Gasteiger partial charge in [-0.1, -0.05) is 74.0 Å². The molecule has 1 aliphatic carbocycles. The van der Waals surface area contributed by atoms with Crippen LogP contribution in [0.25, 0.3) is 16.3 Å². The van der Waals surface area contributed by atoms with E-state index in [1.165, 1.54) is 36.8 Å². The lowest BCUT2D eigenvalue weighted by molar-refractivity contribution is 0.778. The van der Waals surface area contributed by atoms with Gasteiger partial charge in [-0.05, 0) is 58.8 Å². The number of hydrogen-bond acceptors (Lipinski definition) is 0. The largest absolute Gasteiger partial charge is 0.113 e. The lowest BCUT2D eigenvalue weighted by Gasteiger charge is -2.22. The molecule has 2 aromatic carbocycles. The standard InChI is InChI=1S/C22H26Si/c1-5-6-7-18-14-17-12-13-19-20(16-10-8-15(2)9-11-16)21(17)22(18)23(19,3)4/h8-13H,5-7,14H2,1-4H3. The Labute approximate surface area is 141 Å². The Morgan fingerprint density at radius 1 is 0.957 bits per heavy atom. The minimum absolute atomic E-state index is 1.21. The second kappa shape index (κ2) is 5.21. The number of fused-ring (bicyclic) bond motifs is 1. The molecule has 0 radical (unpaired) electrons. The molecule has 0 spiro atoms. The fourth-order valence-corrected chi connectivity index (χ4v) is 8.28. The second-order valence-electron chi connectivity index (χ2n) is 7.77. The molecule has 0 nitrogen and oxygen atoms in total. The van der Waals surface area contributed by atoms with Crippen molar-refractivity contribution in [1.29, 1.82) is 0 Å². The Hall–Kier alpha value is -1.60. The average molecular weight is 319 g/mol. The Kier molecular flexibility index (Phi) is 3.38. The predicted molar refractivity (Wildman–Crippen MR) is 104 cm³/mol. The summed E-state index contributed by atoms with van der Waals surface area (Å²) in [6.45, 7) is 9.60. The minimum Gasteiger partial charge on any atom is -0.0655 e. The lowest BCUT2D eigenvalue weighted by Crippen LogP contribution is -2.39. The smallest absolute Gasteiger partial charge is 0.0655 e. The van der Waals surface area contributed by atoms with Crippen LogP contribution in [0.3, 0.4) is 0 Å². The van der Waals surface area contributed by atoms with Crippen molar-refractivity contribution in [2.24, 2.45) is 0 Å². The third-order valence-corrected chi connectivity index (χ3v) is 9.39. The van der Waals surface area contributed by atoms with Crippen LogP contribution < -0.4 is 5.19 Å². The van der Waals surface area contributed by atoms with Crippen molar-refractivity contribution in [2.45, 2.75) is 52.6 Å². The molecule has 0 atom stereocenters. The highest BCUT2D eigenvalue weighted by atomic mass is 28.3. The third-order valence-electron chi connectivity index (χ3n) is 5.77. The van der Waals surface area contributed by atoms with Crippen LogP contribution in [0.15, 0.2) is 42.0 Å². The molecule has 0 amide bonds. The van der Waals surface area contributed by atoms with Crippen LogP contribution in [0.4, 0.5) is 0 Å². The first kappa shape index (κ1) is 15.0. The van der Waals surface area contributed by atoms with Crippen molar-refractivity contribution in [1.82, 2.24) is 0 Å². The van der Waals surface area contributed by atoms with E-state index in [1.807, 2.05) is 0 Å². The van der Waals surface area contributed by atoms with Gasteiger partial charge in [-0.2, -0.15) is 0 Å². The van der Waals surface area contributed by atoms with Crippen LogP contribution in [0.2, 0.25) is 13.1 Å². The summed E-state index contributed by atoms with van der Waals surface area (Å²) in [7, 11) is -1.52. The van der Waals surface area contributed by atoms with Crippen molar-refractivity contribution in [3.63, 3.8) is 0 Å². The Morgan fingerprint density at radius 3 is 2.39 bits per heavy atom. The molecule has 0 saturated heterocycles.